The van der Waals surface area contributed by atoms with Crippen molar-refractivity contribution in [3.05, 3.63) is 62.6 Å². The molecule has 0 saturated heterocycles. The summed E-state index contributed by atoms with van der Waals surface area (Å²) in [6.45, 7) is 0. The van der Waals surface area contributed by atoms with Gasteiger partial charge in [0.25, 0.3) is 0 Å². The number of aromatic hydroxyl groups is 1. The van der Waals surface area contributed by atoms with Crippen LogP contribution in [0.1, 0.15) is 16.7 Å². The second-order valence-corrected chi connectivity index (χ2v) is 6.74. The minimum atomic E-state index is -5.01. The summed E-state index contributed by atoms with van der Waals surface area (Å²) in [5, 5.41) is 9.99. The fourth-order valence-electron chi connectivity index (χ4n) is 2.58. The molecule has 0 aliphatic heterocycles. The molecule has 1 radical (unpaired) electrons. The third-order valence-corrected chi connectivity index (χ3v) is 4.87. The summed E-state index contributed by atoms with van der Waals surface area (Å²) in [6, 6.07) is 4.69. The van der Waals surface area contributed by atoms with Crippen LogP contribution in [0.2, 0.25) is 0 Å². The normalized spacial score (nSPS) is 12.4. The number of halogens is 6. The lowest BCUT2D eigenvalue weighted by Gasteiger charge is -2.15. The number of fused-ring (bicyclic) bond motifs is 1. The predicted octanol–water partition coefficient (Wildman–Crippen LogP) is 5.13. The topological polar surface area (TPSA) is 54.4 Å². The van der Waals surface area contributed by atoms with E-state index in [9.17, 15) is 41.0 Å². The van der Waals surface area contributed by atoms with E-state index >= 15 is 0 Å². The number of alkyl halides is 6. The molecule has 0 unspecified atom stereocenters. The summed E-state index contributed by atoms with van der Waals surface area (Å²) in [6.07, 6.45) is -8.74. The van der Waals surface area contributed by atoms with Crippen LogP contribution in [0.5, 0.6) is 5.75 Å². The Morgan fingerprint density at radius 2 is 1.43 bits per heavy atom. The van der Waals surface area contributed by atoms with E-state index in [1.165, 1.54) is 18.4 Å². The monoisotopic (exact) mass is 417 g/mol. The first kappa shape index (κ1) is 19.9. The summed E-state index contributed by atoms with van der Waals surface area (Å²) >= 11 is 0.588. The summed E-state index contributed by atoms with van der Waals surface area (Å²) in [4.78, 5) is 22.5. The van der Waals surface area contributed by atoms with Gasteiger partial charge in [-0.25, -0.2) is 0 Å². The molecule has 3 nitrogen and oxygen atoms in total. The van der Waals surface area contributed by atoms with Crippen LogP contribution >= 0.6 is 11.3 Å². The number of carbonyl (C=O) groups excluding carboxylic acids is 1. The van der Waals surface area contributed by atoms with Crippen LogP contribution in [0.15, 0.2) is 41.2 Å². The molecule has 10 heteroatoms. The smallest absolute Gasteiger partial charge is 0.416 e. The van der Waals surface area contributed by atoms with E-state index < -0.39 is 45.1 Å². The molecule has 1 heterocycles. The highest BCUT2D eigenvalue weighted by molar-refractivity contribution is 7.16. The zero-order valence-electron chi connectivity index (χ0n) is 13.4. The molecule has 2 aromatic carbocycles. The van der Waals surface area contributed by atoms with Crippen molar-refractivity contribution in [3.63, 3.8) is 0 Å². The Balaban J connectivity index is 2.29. The predicted molar refractivity (Wildman–Crippen MR) is 90.0 cm³/mol. The van der Waals surface area contributed by atoms with E-state index in [1.54, 1.807) is 0 Å². The third-order valence-electron chi connectivity index (χ3n) is 3.90. The number of rotatable bonds is 2. The Bertz CT molecular complexity index is 1110. The van der Waals surface area contributed by atoms with E-state index in [4.69, 9.17) is 0 Å². The van der Waals surface area contributed by atoms with Gasteiger partial charge in [0.05, 0.1) is 11.1 Å². The highest BCUT2D eigenvalue weighted by Crippen LogP contribution is 2.40. The van der Waals surface area contributed by atoms with Crippen LogP contribution in [-0.2, 0) is 17.1 Å². The van der Waals surface area contributed by atoms with Crippen molar-refractivity contribution in [2.45, 2.75) is 12.4 Å². The van der Waals surface area contributed by atoms with Crippen molar-refractivity contribution in [2.75, 3.05) is 0 Å². The standard InChI is InChI=1S/C18H7F6O3S/c19-17(20,21)10-3-9(4-11(6-10)18(22,23)24)8-1-2-14-12(5-8)15(26)13(7-25)16(27)28-14/h1-6,26H. The minimum absolute atomic E-state index is 0.00720. The second-order valence-electron chi connectivity index (χ2n) is 5.72. The Morgan fingerprint density at radius 3 is 1.93 bits per heavy atom. The van der Waals surface area contributed by atoms with Crippen molar-refractivity contribution in [1.29, 1.82) is 0 Å². The van der Waals surface area contributed by atoms with Crippen LogP contribution in [0.4, 0.5) is 26.3 Å². The lowest BCUT2D eigenvalue weighted by atomic mass is 9.98. The van der Waals surface area contributed by atoms with Crippen LogP contribution in [0.25, 0.3) is 21.2 Å². The summed E-state index contributed by atoms with van der Waals surface area (Å²) in [5.41, 5.74) is -4.09. The Labute approximate surface area is 156 Å². The van der Waals surface area contributed by atoms with Crippen LogP contribution < -0.4 is 4.74 Å². The van der Waals surface area contributed by atoms with Crippen molar-refractivity contribution in [2.24, 2.45) is 0 Å². The summed E-state index contributed by atoms with van der Waals surface area (Å²) in [5.74, 6) is -0.737. The first-order chi connectivity index (χ1) is 12.9. The second kappa shape index (κ2) is 6.62. The molecule has 3 rings (SSSR count). The van der Waals surface area contributed by atoms with Gasteiger partial charge in [0.1, 0.15) is 11.3 Å². The zero-order chi connectivity index (χ0) is 20.9. The molecule has 0 bridgehead atoms. The molecule has 0 fully saturated rings. The van der Waals surface area contributed by atoms with E-state index in [0.29, 0.717) is 23.5 Å². The summed E-state index contributed by atoms with van der Waals surface area (Å²) < 4.78 is 77.6. The molecule has 0 spiro atoms. The van der Waals surface area contributed by atoms with E-state index in [2.05, 4.69) is 0 Å². The van der Waals surface area contributed by atoms with Crippen molar-refractivity contribution in [3.8, 4) is 16.9 Å². The molecule has 1 N–H and O–H groups in total. The number of hydrogen-bond acceptors (Lipinski definition) is 4. The summed E-state index contributed by atoms with van der Waals surface area (Å²) in [7, 11) is 0. The fourth-order valence-corrected chi connectivity index (χ4v) is 3.42. The average Bonchev–Trinajstić information content (AvgIpc) is 2.60. The maximum atomic E-state index is 13.0. The van der Waals surface area contributed by atoms with Gasteiger partial charge in [0.15, 0.2) is 0 Å². The Morgan fingerprint density at radius 1 is 0.857 bits per heavy atom. The van der Waals surface area contributed by atoms with E-state index in [0.717, 1.165) is 6.07 Å². The van der Waals surface area contributed by atoms with Gasteiger partial charge < -0.3 is 5.11 Å². The molecule has 0 amide bonds. The fraction of sp³-hybridized carbons (Fsp3) is 0.111. The third kappa shape index (κ3) is 3.59. The molecule has 3 aromatic rings. The van der Waals surface area contributed by atoms with Gasteiger partial charge in [-0.1, -0.05) is 17.4 Å². The van der Waals surface area contributed by atoms with Crippen molar-refractivity contribution in [1.82, 2.24) is 0 Å². The van der Waals surface area contributed by atoms with Crippen molar-refractivity contribution < 1.29 is 36.2 Å². The molecule has 145 valence electrons. The van der Waals surface area contributed by atoms with Gasteiger partial charge >= 0.3 is 12.4 Å². The highest BCUT2D eigenvalue weighted by atomic mass is 32.1. The van der Waals surface area contributed by atoms with Gasteiger partial charge in [-0.3, -0.25) is 9.59 Å². The van der Waals surface area contributed by atoms with Gasteiger partial charge in [0.2, 0.25) is 11.0 Å². The number of benzene rings is 2. The Hall–Kier alpha value is -2.88. The van der Waals surface area contributed by atoms with Gasteiger partial charge in [0, 0.05) is 10.1 Å². The van der Waals surface area contributed by atoms with Crippen LogP contribution in [0, 0.1) is 0 Å². The average molecular weight is 417 g/mol. The molecule has 28 heavy (non-hydrogen) atoms. The quantitative estimate of drug-likeness (QED) is 0.589. The number of hydrogen-bond donors (Lipinski definition) is 1. The maximum Gasteiger partial charge on any atom is 0.416 e. The van der Waals surface area contributed by atoms with Crippen LogP contribution in [-0.4, -0.2) is 11.4 Å². The highest BCUT2D eigenvalue weighted by Gasteiger charge is 2.37. The molecule has 0 aliphatic carbocycles. The SMILES string of the molecule is O=[C]c1c(O)c2cc(-c3cc(C(F)(F)F)cc(C(F)(F)F)c3)ccc2sc1=O. The first-order valence-electron chi connectivity index (χ1n) is 7.39. The maximum absolute atomic E-state index is 13.0. The molecule has 0 saturated carbocycles. The molecular weight excluding hydrogens is 410 g/mol. The van der Waals surface area contributed by atoms with E-state index in [1.807, 2.05) is 0 Å². The molecule has 1 aromatic heterocycles. The first-order valence-corrected chi connectivity index (χ1v) is 8.21. The molecular formula is C18H7F6O3S. The van der Waals surface area contributed by atoms with E-state index in [-0.39, 0.29) is 21.7 Å². The molecule has 0 aliphatic rings. The van der Waals surface area contributed by atoms with Gasteiger partial charge in [-0.2, -0.15) is 26.3 Å². The van der Waals surface area contributed by atoms with Crippen molar-refractivity contribution >= 4 is 27.7 Å². The molecule has 0 atom stereocenters. The van der Waals surface area contributed by atoms with Crippen LogP contribution in [0.3, 0.4) is 0 Å². The Kier molecular flexibility index (Phi) is 4.70. The zero-order valence-corrected chi connectivity index (χ0v) is 14.2. The lowest BCUT2D eigenvalue weighted by molar-refractivity contribution is -0.143. The van der Waals surface area contributed by atoms with Gasteiger partial charge in [-0.15, -0.1) is 0 Å². The van der Waals surface area contributed by atoms with Gasteiger partial charge in [-0.05, 0) is 41.5 Å². The minimum Gasteiger partial charge on any atom is -0.506 e. The largest absolute Gasteiger partial charge is 0.506 e. The lowest BCUT2D eigenvalue weighted by Crippen LogP contribution is -2.11.